The Kier molecular flexibility index (Phi) is 8.29. The minimum Gasteiger partial charge on any atom is -0.487 e. The third kappa shape index (κ3) is 6.12. The first-order valence-electron chi connectivity index (χ1n) is 13.7. The van der Waals surface area contributed by atoms with Crippen LogP contribution in [-0.2, 0) is 9.53 Å². The van der Waals surface area contributed by atoms with Gasteiger partial charge in [0, 0.05) is 36.3 Å². The monoisotopic (exact) mass is 500 g/mol. The van der Waals surface area contributed by atoms with Gasteiger partial charge < -0.3 is 35.4 Å². The second kappa shape index (κ2) is 11.8. The zero-order valence-electron chi connectivity index (χ0n) is 21.0. The summed E-state index contributed by atoms with van der Waals surface area (Å²) in [5, 5.41) is 19.0. The molecular formula is C27H40N4O5. The Bertz CT molecular complexity index is 915. The second-order valence-corrected chi connectivity index (χ2v) is 10.7. The number of likely N-dealkylation sites (tertiary alicyclic amines) is 1. The van der Waals surface area contributed by atoms with E-state index in [1.54, 1.807) is 0 Å². The number of hydrogen-bond acceptors (Lipinski definition) is 6. The summed E-state index contributed by atoms with van der Waals surface area (Å²) in [5.41, 5.74) is 1.71. The van der Waals surface area contributed by atoms with Gasteiger partial charge >= 0.3 is 6.03 Å². The van der Waals surface area contributed by atoms with Crippen LogP contribution in [0.1, 0.15) is 69.3 Å². The highest BCUT2D eigenvalue weighted by molar-refractivity contribution is 5.89. The highest BCUT2D eigenvalue weighted by Crippen LogP contribution is 2.47. The summed E-state index contributed by atoms with van der Waals surface area (Å²) in [7, 11) is 0. The average molecular weight is 501 g/mol. The molecule has 3 heterocycles. The maximum atomic E-state index is 12.6. The summed E-state index contributed by atoms with van der Waals surface area (Å²) in [5.74, 6) is 0.724. The van der Waals surface area contributed by atoms with E-state index in [1.807, 2.05) is 18.2 Å². The molecule has 0 unspecified atom stereocenters. The van der Waals surface area contributed by atoms with Crippen LogP contribution in [0.3, 0.4) is 0 Å². The smallest absolute Gasteiger partial charge is 0.319 e. The summed E-state index contributed by atoms with van der Waals surface area (Å²) in [6.45, 7) is 3.58. The maximum Gasteiger partial charge on any atom is 0.319 e. The predicted molar refractivity (Wildman–Crippen MR) is 136 cm³/mol. The van der Waals surface area contributed by atoms with Crippen LogP contribution in [0.4, 0.5) is 10.5 Å². The number of carbonyl (C=O) groups excluding carboxylic acids is 2. The Morgan fingerprint density at radius 2 is 1.89 bits per heavy atom. The van der Waals surface area contributed by atoms with Gasteiger partial charge in [-0.15, -0.1) is 0 Å². The number of hydrogen-bond donors (Lipinski definition) is 4. The maximum absolute atomic E-state index is 12.6. The molecule has 3 fully saturated rings. The molecule has 3 amide bonds. The highest BCUT2D eigenvalue weighted by Gasteiger charge is 2.46. The molecule has 4 aliphatic rings. The van der Waals surface area contributed by atoms with E-state index >= 15 is 0 Å². The SMILES string of the molecule is O=C(C[C@H]1C[C@@H]2c3cc(NC(=O)NC4CCCC4)ccc3O[C@@H]2[C@@H](CO)O1)NCCN1CCCCC1. The number of carbonyl (C=O) groups is 2. The molecule has 1 aromatic rings. The van der Waals surface area contributed by atoms with Gasteiger partial charge in [-0.1, -0.05) is 19.3 Å². The normalized spacial score (nSPS) is 28.1. The van der Waals surface area contributed by atoms with Crippen LogP contribution in [0.5, 0.6) is 5.75 Å². The standard InChI is InChI=1S/C27H40N4O5/c32-17-24-26-22(15-20(35-24)16-25(33)28-10-13-31-11-4-1-5-12-31)21-14-19(8-9-23(21)36-26)30-27(34)29-18-6-2-3-7-18/h8-9,14,18,20,22,24,26,32H,1-7,10-13,15-17H2,(H,28,33)(H2,29,30,34)/t20-,22-,24-,26+/m1/s1. The highest BCUT2D eigenvalue weighted by atomic mass is 16.6. The third-order valence-electron chi connectivity index (χ3n) is 8.06. The molecule has 198 valence electrons. The lowest BCUT2D eigenvalue weighted by molar-refractivity contribution is -0.142. The molecule has 1 saturated carbocycles. The number of aliphatic hydroxyl groups is 1. The van der Waals surface area contributed by atoms with Crippen molar-refractivity contribution < 1.29 is 24.2 Å². The molecule has 0 spiro atoms. The van der Waals surface area contributed by atoms with Gasteiger partial charge in [0.2, 0.25) is 5.91 Å². The number of fused-ring (bicyclic) bond motifs is 3. The molecular weight excluding hydrogens is 460 g/mol. The van der Waals surface area contributed by atoms with Gasteiger partial charge in [-0.3, -0.25) is 4.79 Å². The van der Waals surface area contributed by atoms with Gasteiger partial charge in [0.15, 0.2) is 0 Å². The first kappa shape index (κ1) is 25.3. The Morgan fingerprint density at radius 3 is 2.67 bits per heavy atom. The van der Waals surface area contributed by atoms with Crippen LogP contribution in [0.2, 0.25) is 0 Å². The van der Waals surface area contributed by atoms with Crippen LogP contribution in [0, 0.1) is 0 Å². The molecule has 4 atom stereocenters. The molecule has 0 aromatic heterocycles. The van der Waals surface area contributed by atoms with Crippen LogP contribution < -0.4 is 20.7 Å². The molecule has 9 heteroatoms. The molecule has 1 aromatic carbocycles. The first-order chi connectivity index (χ1) is 17.6. The number of anilines is 1. The van der Waals surface area contributed by atoms with Crippen LogP contribution in [0.25, 0.3) is 0 Å². The zero-order chi connectivity index (χ0) is 24.9. The lowest BCUT2D eigenvalue weighted by atomic mass is 9.84. The molecule has 4 N–H and O–H groups in total. The van der Waals surface area contributed by atoms with Crippen molar-refractivity contribution in [3.63, 3.8) is 0 Å². The van der Waals surface area contributed by atoms with Crippen molar-refractivity contribution in [3.05, 3.63) is 23.8 Å². The topological polar surface area (TPSA) is 112 Å². The van der Waals surface area contributed by atoms with Crippen molar-refractivity contribution in [2.24, 2.45) is 0 Å². The summed E-state index contributed by atoms with van der Waals surface area (Å²) in [6.07, 6.45) is 7.96. The van der Waals surface area contributed by atoms with Gasteiger partial charge in [0.1, 0.15) is 18.0 Å². The lowest BCUT2D eigenvalue weighted by Crippen LogP contribution is -2.47. The van der Waals surface area contributed by atoms with Crippen molar-refractivity contribution in [1.29, 1.82) is 0 Å². The van der Waals surface area contributed by atoms with Gasteiger partial charge in [-0.05, 0) is 63.4 Å². The minimum atomic E-state index is -0.496. The van der Waals surface area contributed by atoms with Gasteiger partial charge in [-0.25, -0.2) is 4.79 Å². The number of nitrogens with one attached hydrogen (secondary N) is 3. The second-order valence-electron chi connectivity index (χ2n) is 10.7. The van der Waals surface area contributed by atoms with E-state index in [0.717, 1.165) is 56.6 Å². The Morgan fingerprint density at radius 1 is 1.08 bits per heavy atom. The van der Waals surface area contributed by atoms with E-state index in [4.69, 9.17) is 9.47 Å². The van der Waals surface area contributed by atoms with Crippen LogP contribution in [0.15, 0.2) is 18.2 Å². The first-order valence-corrected chi connectivity index (χ1v) is 13.7. The average Bonchev–Trinajstić information content (AvgIpc) is 3.52. The molecule has 1 aliphatic carbocycles. The Balaban J connectivity index is 1.17. The van der Waals surface area contributed by atoms with E-state index in [2.05, 4.69) is 20.9 Å². The number of nitrogens with zero attached hydrogens (tertiary/aromatic N) is 1. The summed E-state index contributed by atoms with van der Waals surface area (Å²) >= 11 is 0. The summed E-state index contributed by atoms with van der Waals surface area (Å²) in [6, 6.07) is 5.74. The molecule has 9 nitrogen and oxygen atoms in total. The fraction of sp³-hybridized carbons (Fsp3) is 0.704. The molecule has 2 saturated heterocycles. The van der Waals surface area contributed by atoms with Crippen molar-refractivity contribution in [2.75, 3.05) is 38.1 Å². The number of rotatable bonds is 8. The van der Waals surface area contributed by atoms with Crippen LogP contribution >= 0.6 is 0 Å². The molecule has 3 aliphatic heterocycles. The predicted octanol–water partition coefficient (Wildman–Crippen LogP) is 2.74. The Labute approximate surface area is 213 Å². The van der Waals surface area contributed by atoms with Crippen molar-refractivity contribution >= 4 is 17.6 Å². The molecule has 5 rings (SSSR count). The summed E-state index contributed by atoms with van der Waals surface area (Å²) < 4.78 is 12.2. The van der Waals surface area contributed by atoms with Crippen molar-refractivity contribution in [1.82, 2.24) is 15.5 Å². The zero-order valence-corrected chi connectivity index (χ0v) is 21.0. The number of urea groups is 1. The Hall–Kier alpha value is -2.36. The van der Waals surface area contributed by atoms with E-state index in [9.17, 15) is 14.7 Å². The van der Waals surface area contributed by atoms with E-state index in [1.165, 1.54) is 19.3 Å². The van der Waals surface area contributed by atoms with Gasteiger partial charge in [-0.2, -0.15) is 0 Å². The third-order valence-corrected chi connectivity index (χ3v) is 8.06. The van der Waals surface area contributed by atoms with Crippen LogP contribution in [-0.4, -0.2) is 79.1 Å². The van der Waals surface area contributed by atoms with E-state index < -0.39 is 6.10 Å². The molecule has 36 heavy (non-hydrogen) atoms. The fourth-order valence-electron chi connectivity index (χ4n) is 6.21. The number of piperidine rings is 1. The van der Waals surface area contributed by atoms with E-state index in [0.29, 0.717) is 18.7 Å². The number of amides is 3. The van der Waals surface area contributed by atoms with Crippen molar-refractivity contribution in [2.45, 2.75) is 88.1 Å². The number of benzene rings is 1. The van der Waals surface area contributed by atoms with Gasteiger partial charge in [0.25, 0.3) is 0 Å². The molecule has 0 radical (unpaired) electrons. The number of aliphatic hydroxyl groups excluding tert-OH is 1. The lowest BCUT2D eigenvalue weighted by Gasteiger charge is -2.37. The van der Waals surface area contributed by atoms with Gasteiger partial charge in [0.05, 0.1) is 19.1 Å². The van der Waals surface area contributed by atoms with Crippen molar-refractivity contribution in [3.8, 4) is 5.75 Å². The quantitative estimate of drug-likeness (QED) is 0.437. The van der Waals surface area contributed by atoms with E-state index in [-0.39, 0.29) is 49.1 Å². The number of ether oxygens (including phenoxy) is 2. The fourth-order valence-corrected chi connectivity index (χ4v) is 6.21. The largest absolute Gasteiger partial charge is 0.487 e. The minimum absolute atomic E-state index is 0.00306. The molecule has 0 bridgehead atoms. The summed E-state index contributed by atoms with van der Waals surface area (Å²) in [4.78, 5) is 27.5.